The lowest BCUT2D eigenvalue weighted by atomic mass is 10.0. The quantitative estimate of drug-likeness (QED) is 0.371. The minimum atomic E-state index is 0.403. The van der Waals surface area contributed by atoms with E-state index in [9.17, 15) is 0 Å². The van der Waals surface area contributed by atoms with Crippen LogP contribution in [0.15, 0.2) is 0 Å². The molecule has 0 aromatic rings. The van der Waals surface area contributed by atoms with Crippen LogP contribution >= 0.6 is 0 Å². The van der Waals surface area contributed by atoms with Gasteiger partial charge >= 0.3 is 0 Å². The molecule has 3 fully saturated rings. The molecule has 3 nitrogen and oxygen atoms in total. The van der Waals surface area contributed by atoms with Gasteiger partial charge in [-0.1, -0.05) is 75.7 Å². The summed E-state index contributed by atoms with van der Waals surface area (Å²) in [5.41, 5.74) is 0.403. The van der Waals surface area contributed by atoms with Crippen molar-refractivity contribution in [1.82, 2.24) is 14.7 Å². The first-order valence-electron chi connectivity index (χ1n) is 15.9. The van der Waals surface area contributed by atoms with Crippen LogP contribution in [0, 0.1) is 0 Å². The van der Waals surface area contributed by atoms with E-state index in [1.165, 1.54) is 77.8 Å². The molecule has 3 heteroatoms. The maximum atomic E-state index is 2.58. The van der Waals surface area contributed by atoms with E-state index in [1.54, 1.807) is 0 Å². The topological polar surface area (TPSA) is 9.72 Å². The molecule has 35 heavy (non-hydrogen) atoms. The molecule has 0 spiro atoms. The van der Waals surface area contributed by atoms with Crippen molar-refractivity contribution in [3.05, 3.63) is 0 Å². The van der Waals surface area contributed by atoms with Gasteiger partial charge in [-0.3, -0.25) is 4.90 Å². The summed E-state index contributed by atoms with van der Waals surface area (Å²) in [5.74, 6) is 0. The van der Waals surface area contributed by atoms with Crippen LogP contribution in [0.1, 0.15) is 156 Å². The molecular formula is C32H77N3. The average Bonchev–Trinajstić information content (AvgIpc) is 3.41. The fourth-order valence-corrected chi connectivity index (χ4v) is 3.68. The van der Waals surface area contributed by atoms with E-state index in [2.05, 4.69) is 63.2 Å². The standard InChI is InChI=1S/C9H19N.C7H15N.C6H13N.5C2H6/c1-9(2,3)10-7-5-4-6-8-10;1-7(2)8-5-3-4-6-8;1-6(2)7-4-3-5-7;5*1-2/h4-8H2,1-3H3;7H,3-6H2,1-2H3;6H,3-5H2,1-2H3;5*1-2H3. The van der Waals surface area contributed by atoms with Crippen molar-refractivity contribution in [1.29, 1.82) is 0 Å². The largest absolute Gasteiger partial charge is 0.301 e. The van der Waals surface area contributed by atoms with Gasteiger partial charge < -0.3 is 9.80 Å². The fraction of sp³-hybridized carbons (Fsp3) is 1.00. The zero-order chi connectivity index (χ0) is 28.9. The minimum absolute atomic E-state index is 0.403. The van der Waals surface area contributed by atoms with Crippen molar-refractivity contribution in [2.45, 2.75) is 174 Å². The number of hydrogen-bond acceptors (Lipinski definition) is 3. The number of nitrogens with zero attached hydrogens (tertiary/aromatic N) is 3. The first-order valence-corrected chi connectivity index (χ1v) is 15.9. The van der Waals surface area contributed by atoms with E-state index in [-0.39, 0.29) is 0 Å². The summed E-state index contributed by atoms with van der Waals surface area (Å²) in [6.07, 6.45) is 8.48. The van der Waals surface area contributed by atoms with Gasteiger partial charge in [0, 0.05) is 17.6 Å². The van der Waals surface area contributed by atoms with Gasteiger partial charge in [-0.25, -0.2) is 0 Å². The van der Waals surface area contributed by atoms with Gasteiger partial charge in [0.25, 0.3) is 0 Å². The zero-order valence-corrected chi connectivity index (χ0v) is 28.5. The third-order valence-electron chi connectivity index (χ3n) is 5.80. The van der Waals surface area contributed by atoms with Crippen molar-refractivity contribution in [3.63, 3.8) is 0 Å². The zero-order valence-electron chi connectivity index (χ0n) is 28.5. The summed E-state index contributed by atoms with van der Waals surface area (Å²) >= 11 is 0. The van der Waals surface area contributed by atoms with Crippen molar-refractivity contribution in [3.8, 4) is 0 Å². The fourth-order valence-electron chi connectivity index (χ4n) is 3.68. The predicted molar refractivity (Wildman–Crippen MR) is 169 cm³/mol. The van der Waals surface area contributed by atoms with Crippen LogP contribution in [-0.4, -0.2) is 71.6 Å². The minimum Gasteiger partial charge on any atom is -0.301 e. The van der Waals surface area contributed by atoms with Crippen LogP contribution < -0.4 is 0 Å². The molecule has 3 aliphatic heterocycles. The number of rotatable bonds is 2. The summed E-state index contributed by atoms with van der Waals surface area (Å²) in [5, 5.41) is 0. The summed E-state index contributed by atoms with van der Waals surface area (Å²) in [7, 11) is 0. The number of likely N-dealkylation sites (tertiary alicyclic amines) is 3. The van der Waals surface area contributed by atoms with E-state index in [0.717, 1.165) is 12.1 Å². The molecule has 220 valence electrons. The molecule has 0 aromatic heterocycles. The third-order valence-corrected chi connectivity index (χ3v) is 5.80. The highest BCUT2D eigenvalue weighted by molar-refractivity contribution is 4.78. The third kappa shape index (κ3) is 28.3. The highest BCUT2D eigenvalue weighted by Crippen LogP contribution is 2.19. The summed E-state index contributed by atoms with van der Waals surface area (Å²) in [6.45, 7) is 43.9. The van der Waals surface area contributed by atoms with E-state index in [1.807, 2.05) is 69.2 Å². The van der Waals surface area contributed by atoms with Crippen molar-refractivity contribution in [2.75, 3.05) is 39.3 Å². The molecule has 3 rings (SSSR count). The molecule has 0 atom stereocenters. The summed E-state index contributed by atoms with van der Waals surface area (Å²) < 4.78 is 0. The second-order valence-corrected chi connectivity index (χ2v) is 9.54. The Morgan fingerprint density at radius 3 is 0.800 bits per heavy atom. The van der Waals surface area contributed by atoms with Gasteiger partial charge in [-0.15, -0.1) is 0 Å². The Hall–Kier alpha value is -0.120. The number of piperidine rings is 1. The smallest absolute Gasteiger partial charge is 0.0125 e. The normalized spacial score (nSPS) is 17.2. The number of hydrogen-bond donors (Lipinski definition) is 0. The Kier molecular flexibility index (Phi) is 43.4. The van der Waals surface area contributed by atoms with E-state index in [4.69, 9.17) is 0 Å². The van der Waals surface area contributed by atoms with Gasteiger partial charge in [0.15, 0.2) is 0 Å². The van der Waals surface area contributed by atoms with Gasteiger partial charge in [-0.2, -0.15) is 0 Å². The highest BCUT2D eigenvalue weighted by atomic mass is 15.2. The molecule has 0 bridgehead atoms. The average molecular weight is 504 g/mol. The maximum Gasteiger partial charge on any atom is 0.0125 e. The lowest BCUT2D eigenvalue weighted by molar-refractivity contribution is 0.111. The SMILES string of the molecule is CC.CC.CC.CC.CC.CC(C)(C)N1CCCCC1.CC(C)N1CCC1.CC(C)N1CCCC1. The predicted octanol–water partition coefficient (Wildman–Crippen LogP) is 9.99. The Morgan fingerprint density at radius 2 is 0.657 bits per heavy atom. The molecule has 3 aliphatic rings. The molecule has 0 saturated carbocycles. The van der Waals surface area contributed by atoms with Crippen molar-refractivity contribution in [2.24, 2.45) is 0 Å². The Balaban J connectivity index is -0.000000110. The molecule has 0 unspecified atom stereocenters. The monoisotopic (exact) mass is 504 g/mol. The van der Waals surface area contributed by atoms with E-state index >= 15 is 0 Å². The molecule has 0 aliphatic carbocycles. The van der Waals surface area contributed by atoms with Crippen LogP contribution in [0.4, 0.5) is 0 Å². The van der Waals surface area contributed by atoms with E-state index < -0.39 is 0 Å². The lowest BCUT2D eigenvalue weighted by Gasteiger charge is -2.38. The van der Waals surface area contributed by atoms with Crippen molar-refractivity contribution < 1.29 is 0 Å². The Morgan fingerprint density at radius 1 is 0.400 bits per heavy atom. The lowest BCUT2D eigenvalue weighted by Crippen LogP contribution is -2.44. The molecular weight excluding hydrogens is 426 g/mol. The second kappa shape index (κ2) is 33.9. The first-order chi connectivity index (χ1) is 16.7. The Bertz CT molecular complexity index is 318. The van der Waals surface area contributed by atoms with Crippen LogP contribution in [-0.2, 0) is 0 Å². The van der Waals surface area contributed by atoms with Crippen molar-refractivity contribution >= 4 is 0 Å². The maximum absolute atomic E-state index is 2.58. The Labute approximate surface area is 227 Å². The summed E-state index contributed by atoms with van der Waals surface area (Å²) in [6, 6.07) is 1.56. The van der Waals surface area contributed by atoms with Crippen LogP contribution in [0.25, 0.3) is 0 Å². The van der Waals surface area contributed by atoms with Gasteiger partial charge in [0.2, 0.25) is 0 Å². The molecule has 0 aromatic carbocycles. The highest BCUT2D eigenvalue weighted by Gasteiger charge is 2.22. The van der Waals surface area contributed by atoms with Crippen LogP contribution in [0.2, 0.25) is 0 Å². The van der Waals surface area contributed by atoms with Gasteiger partial charge in [-0.05, 0) is 120 Å². The van der Waals surface area contributed by atoms with E-state index in [0.29, 0.717) is 5.54 Å². The van der Waals surface area contributed by atoms with Gasteiger partial charge in [0.1, 0.15) is 0 Å². The summed E-state index contributed by atoms with van der Waals surface area (Å²) in [4.78, 5) is 7.58. The first kappa shape index (κ1) is 44.8. The molecule has 0 radical (unpaired) electrons. The molecule has 3 heterocycles. The second-order valence-electron chi connectivity index (χ2n) is 9.54. The molecule has 0 amide bonds. The molecule has 0 N–H and O–H groups in total. The van der Waals surface area contributed by atoms with Gasteiger partial charge in [0.05, 0.1) is 0 Å². The van der Waals surface area contributed by atoms with Crippen LogP contribution in [0.5, 0.6) is 0 Å². The molecule has 3 saturated heterocycles. The van der Waals surface area contributed by atoms with Crippen LogP contribution in [0.3, 0.4) is 0 Å².